The van der Waals surface area contributed by atoms with E-state index in [-0.39, 0.29) is 5.24 Å². The lowest BCUT2D eigenvalue weighted by molar-refractivity contribution is 0.241. The molecule has 0 fully saturated rings. The Labute approximate surface area is 75.8 Å². The summed E-state index contributed by atoms with van der Waals surface area (Å²) in [6, 6.07) is 5.49. The minimum Gasteiger partial charge on any atom is -0.339 e. The minimum absolute atomic E-state index is 0.00583. The first-order valence-corrected chi connectivity index (χ1v) is 4.32. The highest BCUT2D eigenvalue weighted by molar-refractivity contribution is 8.13. The Kier molecular flexibility index (Phi) is 3.10. The molecule has 1 aromatic rings. The van der Waals surface area contributed by atoms with Crippen molar-refractivity contribution in [2.24, 2.45) is 0 Å². The monoisotopic (exact) mass is 182 g/mol. The Bertz CT molecular complexity index is 261. The molecule has 0 radical (unpaired) electrons. The van der Waals surface area contributed by atoms with Crippen LogP contribution in [0.1, 0.15) is 0 Å². The van der Waals surface area contributed by atoms with Gasteiger partial charge < -0.3 is 4.90 Å². The number of carbonyl (C=O) groups excluding carboxylic acids is 1. The van der Waals surface area contributed by atoms with Crippen LogP contribution in [0.2, 0.25) is 0 Å². The summed E-state index contributed by atoms with van der Waals surface area (Å²) in [6.07, 6.45) is 1.67. The highest BCUT2D eigenvalue weighted by Gasteiger charge is 2.05. The van der Waals surface area contributed by atoms with E-state index in [0.29, 0.717) is 0 Å². The zero-order valence-corrected chi connectivity index (χ0v) is 7.84. The van der Waals surface area contributed by atoms with Gasteiger partial charge in [0.2, 0.25) is 0 Å². The molecule has 0 spiro atoms. The van der Waals surface area contributed by atoms with E-state index in [1.54, 1.807) is 20.3 Å². The predicted molar refractivity (Wildman–Crippen MR) is 49.2 cm³/mol. The van der Waals surface area contributed by atoms with E-state index in [0.717, 1.165) is 16.8 Å². The number of amides is 1. The van der Waals surface area contributed by atoms with Gasteiger partial charge in [0, 0.05) is 20.3 Å². The Balaban J connectivity index is 2.59. The van der Waals surface area contributed by atoms with Crippen LogP contribution in [0, 0.1) is 0 Å². The van der Waals surface area contributed by atoms with Crippen LogP contribution in [0.4, 0.5) is 4.79 Å². The molecule has 0 aliphatic carbocycles. The molecule has 64 valence electrons. The molecule has 1 aromatic heterocycles. The molecule has 12 heavy (non-hydrogen) atoms. The number of pyridine rings is 1. The molecule has 0 aliphatic rings. The zero-order chi connectivity index (χ0) is 8.97. The summed E-state index contributed by atoms with van der Waals surface area (Å²) in [5.74, 6) is 0. The Morgan fingerprint density at radius 1 is 1.50 bits per heavy atom. The fourth-order valence-electron chi connectivity index (χ4n) is 0.588. The molecule has 0 aliphatic heterocycles. The summed E-state index contributed by atoms with van der Waals surface area (Å²) < 4.78 is 0. The van der Waals surface area contributed by atoms with Gasteiger partial charge in [-0.2, -0.15) is 0 Å². The van der Waals surface area contributed by atoms with Crippen LogP contribution in [0.5, 0.6) is 0 Å². The first kappa shape index (κ1) is 9.06. The van der Waals surface area contributed by atoms with Crippen LogP contribution >= 0.6 is 11.8 Å². The summed E-state index contributed by atoms with van der Waals surface area (Å²) >= 11 is 1.13. The number of hydrogen-bond donors (Lipinski definition) is 0. The molecule has 0 unspecified atom stereocenters. The van der Waals surface area contributed by atoms with Gasteiger partial charge in [-0.15, -0.1) is 0 Å². The maximum Gasteiger partial charge on any atom is 0.287 e. The molecule has 0 atom stereocenters. The standard InChI is InChI=1S/C8H10N2OS/c1-10(2)8(11)12-7-5-3-4-6-9-7/h3-6H,1-2H3. The van der Waals surface area contributed by atoms with Crippen molar-refractivity contribution in [3.63, 3.8) is 0 Å². The molecule has 0 aromatic carbocycles. The van der Waals surface area contributed by atoms with Crippen molar-refractivity contribution >= 4 is 17.0 Å². The second-order valence-corrected chi connectivity index (χ2v) is 3.40. The van der Waals surface area contributed by atoms with E-state index in [1.165, 1.54) is 4.90 Å². The van der Waals surface area contributed by atoms with Crippen LogP contribution in [-0.4, -0.2) is 29.2 Å². The Hall–Kier alpha value is -1.03. The number of hydrogen-bond acceptors (Lipinski definition) is 3. The number of rotatable bonds is 1. The van der Waals surface area contributed by atoms with Gasteiger partial charge >= 0.3 is 0 Å². The van der Waals surface area contributed by atoms with Crippen LogP contribution in [0.25, 0.3) is 0 Å². The van der Waals surface area contributed by atoms with E-state index < -0.39 is 0 Å². The summed E-state index contributed by atoms with van der Waals surface area (Å²) in [6.45, 7) is 0. The summed E-state index contributed by atoms with van der Waals surface area (Å²) in [7, 11) is 3.44. The molecule has 1 rings (SSSR count). The Morgan fingerprint density at radius 3 is 2.75 bits per heavy atom. The number of aromatic nitrogens is 1. The molecular formula is C8H10N2OS. The first-order valence-electron chi connectivity index (χ1n) is 3.50. The van der Waals surface area contributed by atoms with Crippen molar-refractivity contribution in [2.45, 2.75) is 5.03 Å². The molecular weight excluding hydrogens is 172 g/mol. The molecule has 0 saturated heterocycles. The maximum atomic E-state index is 11.2. The third-order valence-electron chi connectivity index (χ3n) is 1.19. The van der Waals surface area contributed by atoms with Gasteiger partial charge in [-0.1, -0.05) is 6.07 Å². The van der Waals surface area contributed by atoms with Crippen molar-refractivity contribution in [1.82, 2.24) is 9.88 Å². The minimum atomic E-state index is -0.00583. The van der Waals surface area contributed by atoms with E-state index in [1.807, 2.05) is 18.2 Å². The molecule has 0 N–H and O–H groups in total. The van der Waals surface area contributed by atoms with Gasteiger partial charge in [-0.05, 0) is 23.9 Å². The topological polar surface area (TPSA) is 33.2 Å². The average Bonchev–Trinajstić information content (AvgIpc) is 2.06. The van der Waals surface area contributed by atoms with Crippen molar-refractivity contribution in [3.8, 4) is 0 Å². The highest BCUT2D eigenvalue weighted by Crippen LogP contribution is 2.16. The quantitative estimate of drug-likeness (QED) is 0.621. The fourth-order valence-corrected chi connectivity index (χ4v) is 1.21. The van der Waals surface area contributed by atoms with Gasteiger partial charge in [0.15, 0.2) is 0 Å². The van der Waals surface area contributed by atoms with Crippen LogP contribution in [0.15, 0.2) is 29.4 Å². The lowest BCUT2D eigenvalue weighted by Crippen LogP contribution is -2.16. The van der Waals surface area contributed by atoms with E-state index in [2.05, 4.69) is 4.98 Å². The van der Waals surface area contributed by atoms with Crippen molar-refractivity contribution in [1.29, 1.82) is 0 Å². The lowest BCUT2D eigenvalue weighted by Gasteiger charge is -2.07. The lowest BCUT2D eigenvalue weighted by atomic mass is 10.5. The zero-order valence-electron chi connectivity index (χ0n) is 7.02. The first-order chi connectivity index (χ1) is 5.70. The number of carbonyl (C=O) groups is 1. The molecule has 3 nitrogen and oxygen atoms in total. The SMILES string of the molecule is CN(C)C(=O)Sc1ccccn1. The third kappa shape index (κ3) is 2.54. The molecule has 0 bridgehead atoms. The van der Waals surface area contributed by atoms with E-state index in [4.69, 9.17) is 0 Å². The number of thioether (sulfide) groups is 1. The fraction of sp³-hybridized carbons (Fsp3) is 0.250. The van der Waals surface area contributed by atoms with Crippen LogP contribution < -0.4 is 0 Å². The molecule has 1 amide bonds. The van der Waals surface area contributed by atoms with Crippen LogP contribution in [-0.2, 0) is 0 Å². The van der Waals surface area contributed by atoms with E-state index >= 15 is 0 Å². The third-order valence-corrected chi connectivity index (χ3v) is 2.19. The van der Waals surface area contributed by atoms with Gasteiger partial charge in [0.05, 0.1) is 0 Å². The molecule has 0 saturated carbocycles. The van der Waals surface area contributed by atoms with Crippen LogP contribution in [0.3, 0.4) is 0 Å². The van der Waals surface area contributed by atoms with Gasteiger partial charge in [-0.25, -0.2) is 4.98 Å². The largest absolute Gasteiger partial charge is 0.339 e. The van der Waals surface area contributed by atoms with Crippen molar-refractivity contribution in [2.75, 3.05) is 14.1 Å². The number of nitrogens with zero attached hydrogens (tertiary/aromatic N) is 2. The average molecular weight is 182 g/mol. The van der Waals surface area contributed by atoms with Gasteiger partial charge in [0.1, 0.15) is 5.03 Å². The summed E-state index contributed by atoms with van der Waals surface area (Å²) in [4.78, 5) is 16.7. The summed E-state index contributed by atoms with van der Waals surface area (Å²) in [5.41, 5.74) is 0. The van der Waals surface area contributed by atoms with Crippen molar-refractivity contribution < 1.29 is 4.79 Å². The second-order valence-electron chi connectivity index (χ2n) is 2.43. The Morgan fingerprint density at radius 2 is 2.25 bits per heavy atom. The molecule has 4 heteroatoms. The van der Waals surface area contributed by atoms with Gasteiger partial charge in [-0.3, -0.25) is 4.79 Å². The second kappa shape index (κ2) is 4.11. The van der Waals surface area contributed by atoms with E-state index in [9.17, 15) is 4.79 Å². The summed E-state index contributed by atoms with van der Waals surface area (Å²) in [5, 5.41) is 0.727. The maximum absolute atomic E-state index is 11.2. The highest BCUT2D eigenvalue weighted by atomic mass is 32.2. The normalized spacial score (nSPS) is 9.50. The van der Waals surface area contributed by atoms with Crippen molar-refractivity contribution in [3.05, 3.63) is 24.4 Å². The smallest absolute Gasteiger partial charge is 0.287 e. The molecule has 1 heterocycles. The predicted octanol–water partition coefficient (Wildman–Crippen LogP) is 1.86. The van der Waals surface area contributed by atoms with Gasteiger partial charge in [0.25, 0.3) is 5.24 Å².